The fraction of sp³-hybridized carbons (Fsp3) is 0.222. The minimum atomic E-state index is -4.57. The zero-order valence-corrected chi connectivity index (χ0v) is 10.00. The van der Waals surface area contributed by atoms with Crippen molar-refractivity contribution in [2.75, 3.05) is 6.67 Å². The molecule has 100 valence electrons. The van der Waals surface area contributed by atoms with Crippen molar-refractivity contribution in [3.8, 4) is 0 Å². The first-order valence-electron chi connectivity index (χ1n) is 4.79. The third kappa shape index (κ3) is 4.17. The van der Waals surface area contributed by atoms with Crippen molar-refractivity contribution >= 4 is 14.0 Å². The first-order chi connectivity index (χ1) is 8.34. The van der Waals surface area contributed by atoms with Crippen LogP contribution in [-0.4, -0.2) is 33.1 Å². The predicted molar refractivity (Wildman–Crippen MR) is 58.9 cm³/mol. The van der Waals surface area contributed by atoms with E-state index in [4.69, 9.17) is 15.0 Å². The van der Waals surface area contributed by atoms with E-state index in [1.165, 1.54) is 12.1 Å². The average Bonchev–Trinajstić information content (AvgIpc) is 2.29. The summed E-state index contributed by atoms with van der Waals surface area (Å²) in [4.78, 5) is 28.4. The number of hydroxylamine groups is 2. The summed E-state index contributed by atoms with van der Waals surface area (Å²) < 4.78 is 24.0. The molecule has 18 heavy (non-hydrogen) atoms. The van der Waals surface area contributed by atoms with Gasteiger partial charge in [-0.25, -0.2) is 9.45 Å². The van der Waals surface area contributed by atoms with Crippen molar-refractivity contribution in [2.45, 2.75) is 5.78 Å². The van der Waals surface area contributed by atoms with Gasteiger partial charge in [-0.1, -0.05) is 12.1 Å². The molecule has 1 aromatic carbocycles. The van der Waals surface area contributed by atoms with E-state index >= 15 is 0 Å². The molecule has 9 heteroatoms. The molecule has 0 saturated heterocycles. The second-order valence-corrected chi connectivity index (χ2v) is 5.14. The van der Waals surface area contributed by atoms with E-state index in [0.717, 1.165) is 12.1 Å². The molecule has 0 aromatic heterocycles. The van der Waals surface area contributed by atoms with Gasteiger partial charge in [-0.15, -0.1) is 0 Å². The minimum absolute atomic E-state index is 0.0778. The lowest BCUT2D eigenvalue weighted by Crippen LogP contribution is -2.33. The van der Waals surface area contributed by atoms with Gasteiger partial charge >= 0.3 is 7.60 Å². The number of hydrogen-bond acceptors (Lipinski definition) is 4. The summed E-state index contributed by atoms with van der Waals surface area (Å²) in [5.74, 6) is -1.98. The van der Waals surface area contributed by atoms with Crippen LogP contribution in [0.2, 0.25) is 0 Å². The van der Waals surface area contributed by atoms with Crippen LogP contribution in [0.1, 0.15) is 11.3 Å². The summed E-state index contributed by atoms with van der Waals surface area (Å²) in [7, 11) is -4.57. The second-order valence-electron chi connectivity index (χ2n) is 3.45. The Hall–Kier alpha value is -1.31. The molecule has 4 N–H and O–H groups in total. The van der Waals surface area contributed by atoms with Crippen molar-refractivity contribution < 1.29 is 28.7 Å². The molecule has 0 saturated carbocycles. The van der Waals surface area contributed by atoms with Crippen LogP contribution in [0.4, 0.5) is 4.39 Å². The molecule has 1 unspecified atom stereocenters. The summed E-state index contributed by atoms with van der Waals surface area (Å²) in [6, 6.07) is 4.51. The molecule has 0 aliphatic heterocycles. The Balaban J connectivity index is 2.89. The quantitative estimate of drug-likeness (QED) is 0.197. The minimum Gasteiger partial charge on any atom is -0.323 e. The highest BCUT2D eigenvalue weighted by Crippen LogP contribution is 2.49. The van der Waals surface area contributed by atoms with Crippen molar-refractivity contribution in [2.24, 2.45) is 0 Å². The standard InChI is InChI=1S/C9H12FN2O5P/c10-8-3-1-7(2-4-8)9(18(15,16)17)11-5-12(14)6-13/h1-4,6,9,11,14H,5H2,(H2,15,16,17). The van der Waals surface area contributed by atoms with Crippen LogP contribution >= 0.6 is 7.60 Å². The lowest BCUT2D eigenvalue weighted by molar-refractivity contribution is -0.151. The zero-order valence-electron chi connectivity index (χ0n) is 9.10. The summed E-state index contributed by atoms with van der Waals surface area (Å²) in [5, 5.41) is 11.3. The Morgan fingerprint density at radius 1 is 1.39 bits per heavy atom. The van der Waals surface area contributed by atoms with Crippen molar-refractivity contribution in [3.05, 3.63) is 35.6 Å². The van der Waals surface area contributed by atoms with E-state index in [9.17, 15) is 13.8 Å². The molecule has 0 aliphatic rings. The summed E-state index contributed by atoms with van der Waals surface area (Å²) in [6.45, 7) is -0.476. The second kappa shape index (κ2) is 6.03. The highest BCUT2D eigenvalue weighted by molar-refractivity contribution is 7.52. The monoisotopic (exact) mass is 278 g/mol. The first-order valence-corrected chi connectivity index (χ1v) is 6.47. The van der Waals surface area contributed by atoms with Crippen LogP contribution in [0.15, 0.2) is 24.3 Å². The number of carbonyl (C=O) groups excluding carboxylic acids is 1. The van der Waals surface area contributed by atoms with Gasteiger partial charge in [-0.05, 0) is 17.7 Å². The van der Waals surface area contributed by atoms with Crippen LogP contribution in [-0.2, 0) is 9.36 Å². The normalized spacial score (nSPS) is 13.1. The molecule has 0 spiro atoms. The maximum atomic E-state index is 12.7. The topological polar surface area (TPSA) is 110 Å². The predicted octanol–water partition coefficient (Wildman–Crippen LogP) is 0.397. The third-order valence-electron chi connectivity index (χ3n) is 2.09. The summed E-state index contributed by atoms with van der Waals surface area (Å²) >= 11 is 0. The first kappa shape index (κ1) is 14.7. The van der Waals surface area contributed by atoms with Gasteiger partial charge in [0.1, 0.15) is 11.6 Å². The van der Waals surface area contributed by atoms with Gasteiger partial charge in [0.2, 0.25) is 6.41 Å². The number of benzene rings is 1. The molecular weight excluding hydrogens is 266 g/mol. The molecule has 1 amide bonds. The maximum absolute atomic E-state index is 12.7. The molecule has 1 atom stereocenters. The number of nitrogens with one attached hydrogen (secondary N) is 1. The Labute approximate surface area is 102 Å². The largest absolute Gasteiger partial charge is 0.346 e. The highest BCUT2D eigenvalue weighted by atomic mass is 31.2. The fourth-order valence-corrected chi connectivity index (χ4v) is 2.17. The molecule has 7 nitrogen and oxygen atoms in total. The molecule has 0 fully saturated rings. The zero-order chi connectivity index (χ0) is 13.8. The molecule has 0 aliphatic carbocycles. The van der Waals surface area contributed by atoms with Crippen molar-refractivity contribution in [1.82, 2.24) is 10.4 Å². The molecule has 1 rings (SSSR count). The number of amides is 1. The van der Waals surface area contributed by atoms with Gasteiger partial charge in [-0.3, -0.25) is 19.9 Å². The van der Waals surface area contributed by atoms with Gasteiger partial charge in [-0.2, -0.15) is 0 Å². The lowest BCUT2D eigenvalue weighted by Gasteiger charge is -2.21. The maximum Gasteiger partial charge on any atom is 0.346 e. The molecule has 0 heterocycles. The van der Waals surface area contributed by atoms with Gasteiger partial charge in [0, 0.05) is 0 Å². The molecule has 0 radical (unpaired) electrons. The number of carbonyl (C=O) groups is 1. The van der Waals surface area contributed by atoms with Gasteiger partial charge in [0.15, 0.2) is 0 Å². The number of hydrogen-bond donors (Lipinski definition) is 4. The molecule has 1 aromatic rings. The van der Waals surface area contributed by atoms with E-state index < -0.39 is 25.9 Å². The van der Waals surface area contributed by atoms with Gasteiger partial charge < -0.3 is 9.79 Å². The van der Waals surface area contributed by atoms with Crippen LogP contribution < -0.4 is 5.32 Å². The van der Waals surface area contributed by atoms with Crippen molar-refractivity contribution in [1.29, 1.82) is 0 Å². The van der Waals surface area contributed by atoms with E-state index in [1.54, 1.807) is 0 Å². The number of rotatable bonds is 6. The molecular formula is C9H12FN2O5P. The Morgan fingerprint density at radius 2 is 1.94 bits per heavy atom. The van der Waals surface area contributed by atoms with Crippen LogP contribution in [0.5, 0.6) is 0 Å². The van der Waals surface area contributed by atoms with Crippen molar-refractivity contribution in [3.63, 3.8) is 0 Å². The fourth-order valence-electron chi connectivity index (χ4n) is 1.29. The summed E-state index contributed by atoms with van der Waals surface area (Å²) in [6.07, 6.45) is 0.0778. The Kier molecular flexibility index (Phi) is 4.94. The van der Waals surface area contributed by atoms with Gasteiger partial charge in [0.25, 0.3) is 0 Å². The molecule has 0 bridgehead atoms. The third-order valence-corrected chi connectivity index (χ3v) is 3.24. The van der Waals surface area contributed by atoms with E-state index in [0.29, 0.717) is 0 Å². The average molecular weight is 278 g/mol. The van der Waals surface area contributed by atoms with E-state index in [1.807, 2.05) is 0 Å². The van der Waals surface area contributed by atoms with E-state index in [-0.39, 0.29) is 17.0 Å². The Bertz CT molecular complexity index is 449. The smallest absolute Gasteiger partial charge is 0.323 e. The number of nitrogens with zero attached hydrogens (tertiary/aromatic N) is 1. The van der Waals surface area contributed by atoms with Gasteiger partial charge in [0.05, 0.1) is 6.67 Å². The number of halogens is 1. The van der Waals surface area contributed by atoms with E-state index in [2.05, 4.69) is 5.32 Å². The van der Waals surface area contributed by atoms with Crippen LogP contribution in [0, 0.1) is 5.82 Å². The van der Waals surface area contributed by atoms with Crippen LogP contribution in [0.25, 0.3) is 0 Å². The Morgan fingerprint density at radius 3 is 2.39 bits per heavy atom. The highest BCUT2D eigenvalue weighted by Gasteiger charge is 2.30. The lowest BCUT2D eigenvalue weighted by atomic mass is 10.2. The summed E-state index contributed by atoms with van der Waals surface area (Å²) in [5.41, 5.74) is 0.143. The SMILES string of the molecule is O=CN(O)CNC(c1ccc(F)cc1)P(=O)(O)O. The van der Waals surface area contributed by atoms with Crippen LogP contribution in [0.3, 0.4) is 0 Å².